The molecular weight excluding hydrogens is 414 g/mol. The Kier molecular flexibility index (Phi) is 5.17. The average Bonchev–Trinajstić information content (AvgIpc) is 3.09. The van der Waals surface area contributed by atoms with Gasteiger partial charge < -0.3 is 10.6 Å². The summed E-state index contributed by atoms with van der Waals surface area (Å²) in [6, 6.07) is 15.4. The van der Waals surface area contributed by atoms with Crippen molar-refractivity contribution in [3.8, 4) is 11.3 Å². The molecule has 1 aliphatic rings. The molecule has 5 rings (SSSR count). The molecule has 4 nitrogen and oxygen atoms in total. The van der Waals surface area contributed by atoms with Crippen LogP contribution in [0.1, 0.15) is 67.3 Å². The molecule has 0 bridgehead atoms. The van der Waals surface area contributed by atoms with Crippen molar-refractivity contribution in [1.82, 2.24) is 10.3 Å². The van der Waals surface area contributed by atoms with Crippen molar-refractivity contribution in [2.75, 3.05) is 11.9 Å². The van der Waals surface area contributed by atoms with Crippen molar-refractivity contribution >= 4 is 43.9 Å². The van der Waals surface area contributed by atoms with Gasteiger partial charge in [0.1, 0.15) is 4.88 Å². The van der Waals surface area contributed by atoms with Crippen LogP contribution in [0.3, 0.4) is 0 Å². The molecule has 0 saturated heterocycles. The Balaban J connectivity index is 1.68. The number of hydrogen-bond acceptors (Lipinski definition) is 4. The first-order valence-corrected chi connectivity index (χ1v) is 12.2. The molecule has 2 aromatic carbocycles. The quantitative estimate of drug-likeness (QED) is 0.362. The summed E-state index contributed by atoms with van der Waals surface area (Å²) >= 11 is 1.55. The van der Waals surface area contributed by atoms with Crippen molar-refractivity contribution in [2.24, 2.45) is 0 Å². The molecule has 5 heteroatoms. The van der Waals surface area contributed by atoms with Gasteiger partial charge in [0.2, 0.25) is 0 Å². The molecule has 164 valence electrons. The molecule has 3 heterocycles. The van der Waals surface area contributed by atoms with Gasteiger partial charge in [0, 0.05) is 33.6 Å². The van der Waals surface area contributed by atoms with E-state index in [1.165, 1.54) is 11.1 Å². The Morgan fingerprint density at radius 2 is 1.72 bits per heavy atom. The van der Waals surface area contributed by atoms with Gasteiger partial charge in [-0.05, 0) is 66.3 Å². The zero-order valence-electron chi connectivity index (χ0n) is 19.2. The number of aromatic nitrogens is 1. The minimum absolute atomic E-state index is 0.00291. The zero-order valence-corrected chi connectivity index (χ0v) is 20.1. The molecule has 1 aliphatic heterocycles. The maximum Gasteiger partial charge on any atom is 0.263 e. The molecule has 1 atom stereocenters. The fourth-order valence-corrected chi connectivity index (χ4v) is 5.48. The highest BCUT2D eigenvalue weighted by Gasteiger charge is 2.24. The number of hydrogen-bond donors (Lipinski definition) is 2. The molecule has 2 aromatic heterocycles. The lowest BCUT2D eigenvalue weighted by molar-refractivity contribution is 0.0949. The van der Waals surface area contributed by atoms with Crippen molar-refractivity contribution in [3.63, 3.8) is 0 Å². The van der Waals surface area contributed by atoms with E-state index in [2.05, 4.69) is 80.8 Å². The number of anilines is 1. The predicted octanol–water partition coefficient (Wildman–Crippen LogP) is 6.91. The number of rotatable bonds is 3. The van der Waals surface area contributed by atoms with E-state index in [-0.39, 0.29) is 11.9 Å². The van der Waals surface area contributed by atoms with E-state index in [1.807, 2.05) is 6.92 Å². The summed E-state index contributed by atoms with van der Waals surface area (Å²) < 4.78 is 1.11. The van der Waals surface area contributed by atoms with Gasteiger partial charge in [0.25, 0.3) is 5.91 Å². The molecule has 0 saturated carbocycles. The van der Waals surface area contributed by atoms with Gasteiger partial charge >= 0.3 is 0 Å². The predicted molar refractivity (Wildman–Crippen MR) is 136 cm³/mol. The summed E-state index contributed by atoms with van der Waals surface area (Å²) in [4.78, 5) is 18.5. The van der Waals surface area contributed by atoms with Gasteiger partial charge in [-0.3, -0.25) is 4.79 Å². The number of pyridine rings is 1. The number of nitrogens with zero attached hydrogens (tertiary/aromatic N) is 1. The van der Waals surface area contributed by atoms with E-state index in [9.17, 15) is 4.79 Å². The second-order valence-corrected chi connectivity index (χ2v) is 10.5. The van der Waals surface area contributed by atoms with Crippen molar-refractivity contribution in [2.45, 2.75) is 52.5 Å². The molecular formula is C27H29N3OS. The Hall–Kier alpha value is -2.92. The van der Waals surface area contributed by atoms with Gasteiger partial charge in [-0.2, -0.15) is 0 Å². The Morgan fingerprint density at radius 3 is 2.41 bits per heavy atom. The maximum atomic E-state index is 12.7. The summed E-state index contributed by atoms with van der Waals surface area (Å²) in [6.07, 6.45) is 0. The fourth-order valence-electron chi connectivity index (χ4n) is 4.38. The molecule has 0 spiro atoms. The SMILES string of the molecule is CC(C)c1cc(-c2ccc3c(ccc4sc5c(c43)NC[C@@H](C)NC5=O)n2)cc(C(C)C)c1. The van der Waals surface area contributed by atoms with Crippen LogP contribution in [0.25, 0.3) is 32.2 Å². The molecule has 32 heavy (non-hydrogen) atoms. The molecule has 0 aliphatic carbocycles. The Morgan fingerprint density at radius 1 is 1.00 bits per heavy atom. The average molecular weight is 444 g/mol. The van der Waals surface area contributed by atoms with Crippen molar-refractivity contribution in [3.05, 3.63) is 58.5 Å². The van der Waals surface area contributed by atoms with Crippen LogP contribution >= 0.6 is 11.3 Å². The highest BCUT2D eigenvalue weighted by Crippen LogP contribution is 2.41. The van der Waals surface area contributed by atoms with E-state index >= 15 is 0 Å². The minimum Gasteiger partial charge on any atom is -0.381 e. The van der Waals surface area contributed by atoms with Gasteiger partial charge in [0.15, 0.2) is 0 Å². The lowest BCUT2D eigenvalue weighted by Crippen LogP contribution is -2.34. The number of benzene rings is 2. The Bertz CT molecular complexity index is 1330. The van der Waals surface area contributed by atoms with Crippen LogP contribution in [-0.4, -0.2) is 23.5 Å². The largest absolute Gasteiger partial charge is 0.381 e. The molecule has 0 fully saturated rings. The third kappa shape index (κ3) is 3.55. The van der Waals surface area contributed by atoms with Crippen LogP contribution in [0.15, 0.2) is 42.5 Å². The summed E-state index contributed by atoms with van der Waals surface area (Å²) in [7, 11) is 0. The van der Waals surface area contributed by atoms with Crippen LogP contribution in [0.5, 0.6) is 0 Å². The van der Waals surface area contributed by atoms with E-state index in [0.717, 1.165) is 42.8 Å². The molecule has 4 aromatic rings. The first kappa shape index (κ1) is 21.0. The van der Waals surface area contributed by atoms with Gasteiger partial charge in [0.05, 0.1) is 16.9 Å². The number of amides is 1. The summed E-state index contributed by atoms with van der Waals surface area (Å²) in [6.45, 7) is 11.7. The summed E-state index contributed by atoms with van der Waals surface area (Å²) in [5.74, 6) is 0.935. The zero-order chi connectivity index (χ0) is 22.6. The van der Waals surface area contributed by atoms with E-state index in [4.69, 9.17) is 4.98 Å². The second-order valence-electron chi connectivity index (χ2n) is 9.46. The standard InChI is InChI=1S/C27H29N3OS/c1-14(2)17-10-18(15(3)4)12-19(11-17)21-7-6-20-22(30-21)8-9-23-24(20)25-26(32-23)27(31)29-16(5)13-28-25/h6-12,14-16,28H,13H2,1-5H3,(H,29,31)/t16-/m1/s1. The van der Waals surface area contributed by atoms with Gasteiger partial charge in [-0.15, -0.1) is 11.3 Å². The van der Waals surface area contributed by atoms with Gasteiger partial charge in [-0.1, -0.05) is 33.8 Å². The van der Waals surface area contributed by atoms with Crippen LogP contribution in [0.4, 0.5) is 5.69 Å². The number of nitrogens with one attached hydrogen (secondary N) is 2. The van der Waals surface area contributed by atoms with E-state index < -0.39 is 0 Å². The third-order valence-electron chi connectivity index (χ3n) is 6.30. The van der Waals surface area contributed by atoms with Crippen molar-refractivity contribution in [1.29, 1.82) is 0 Å². The summed E-state index contributed by atoms with van der Waals surface area (Å²) in [5.41, 5.74) is 6.73. The fraction of sp³-hybridized carbons (Fsp3) is 0.333. The van der Waals surface area contributed by atoms with E-state index in [0.29, 0.717) is 18.4 Å². The molecule has 0 unspecified atom stereocenters. The normalized spacial score (nSPS) is 16.3. The van der Waals surface area contributed by atoms with Crippen LogP contribution < -0.4 is 10.6 Å². The number of carbonyl (C=O) groups is 1. The number of thiophene rings is 1. The number of fused-ring (bicyclic) bond motifs is 5. The molecule has 0 radical (unpaired) electrons. The summed E-state index contributed by atoms with van der Waals surface area (Å²) in [5, 5.41) is 8.75. The molecule has 1 amide bonds. The van der Waals surface area contributed by atoms with E-state index in [1.54, 1.807) is 11.3 Å². The third-order valence-corrected chi connectivity index (χ3v) is 7.45. The van der Waals surface area contributed by atoms with Crippen LogP contribution in [0.2, 0.25) is 0 Å². The van der Waals surface area contributed by atoms with Crippen LogP contribution in [-0.2, 0) is 0 Å². The van der Waals surface area contributed by atoms with Crippen molar-refractivity contribution < 1.29 is 4.79 Å². The highest BCUT2D eigenvalue weighted by atomic mass is 32.1. The lowest BCUT2D eigenvalue weighted by Gasteiger charge is -2.15. The maximum absolute atomic E-state index is 12.7. The topological polar surface area (TPSA) is 54.0 Å². The monoisotopic (exact) mass is 443 g/mol. The van der Waals surface area contributed by atoms with Gasteiger partial charge in [-0.25, -0.2) is 4.98 Å². The lowest BCUT2D eigenvalue weighted by atomic mass is 9.92. The first-order chi connectivity index (χ1) is 15.3. The molecule has 2 N–H and O–H groups in total. The Labute approximate surface area is 193 Å². The first-order valence-electron chi connectivity index (χ1n) is 11.4. The highest BCUT2D eigenvalue weighted by molar-refractivity contribution is 7.21. The minimum atomic E-state index is 0.00291. The second kappa shape index (κ2) is 7.89. The smallest absolute Gasteiger partial charge is 0.263 e. The van der Waals surface area contributed by atoms with Crippen LogP contribution in [0, 0.1) is 0 Å². The number of carbonyl (C=O) groups excluding carboxylic acids is 1.